The minimum absolute atomic E-state index is 0.0181. The van der Waals surface area contributed by atoms with Crippen LogP contribution >= 0.6 is 0 Å². The molecule has 1 saturated heterocycles. The lowest BCUT2D eigenvalue weighted by Crippen LogP contribution is -2.48. The molecule has 6 nitrogen and oxygen atoms in total. The molecule has 3 heterocycles. The molecule has 6 heteroatoms. The third-order valence-electron chi connectivity index (χ3n) is 5.07. The number of fused-ring (bicyclic) bond motifs is 2. The van der Waals surface area contributed by atoms with Gasteiger partial charge in [0.25, 0.3) is 5.91 Å². The Balaban J connectivity index is 1.64. The standard InChI is InChI=1S/C17H20N4O2/c1-11-8-14(20-23-11)16(22)21-7-3-5-17(10-21)6-4-13-9-18-12(2)19-15(13)17/h8-9H,3-7,10H2,1-2H3. The molecule has 1 amide bonds. The number of likely N-dealkylation sites (tertiary alicyclic amines) is 1. The van der Waals surface area contributed by atoms with Crippen LogP contribution < -0.4 is 0 Å². The molecule has 1 aliphatic heterocycles. The third kappa shape index (κ3) is 2.33. The molecule has 1 fully saturated rings. The van der Waals surface area contributed by atoms with E-state index in [1.807, 2.05) is 18.0 Å². The number of hydrogen-bond acceptors (Lipinski definition) is 5. The molecule has 2 aromatic heterocycles. The van der Waals surface area contributed by atoms with E-state index < -0.39 is 0 Å². The van der Waals surface area contributed by atoms with Crippen LogP contribution in [-0.2, 0) is 11.8 Å². The Bertz CT molecular complexity index is 766. The highest BCUT2D eigenvalue weighted by molar-refractivity contribution is 5.92. The maximum atomic E-state index is 12.7. The summed E-state index contributed by atoms with van der Waals surface area (Å²) in [7, 11) is 0. The summed E-state index contributed by atoms with van der Waals surface area (Å²) in [5, 5.41) is 3.87. The van der Waals surface area contributed by atoms with E-state index in [0.717, 1.165) is 43.7 Å². The quantitative estimate of drug-likeness (QED) is 0.807. The first-order valence-electron chi connectivity index (χ1n) is 8.13. The summed E-state index contributed by atoms with van der Waals surface area (Å²) in [6.45, 7) is 5.21. The van der Waals surface area contributed by atoms with Gasteiger partial charge in [-0.1, -0.05) is 5.16 Å². The van der Waals surface area contributed by atoms with Crippen molar-refractivity contribution in [3.05, 3.63) is 40.8 Å². The van der Waals surface area contributed by atoms with Crippen molar-refractivity contribution in [1.82, 2.24) is 20.0 Å². The SMILES string of the molecule is Cc1ncc2c(n1)C1(CCCN(C(=O)c3cc(C)on3)C1)CC2. The summed E-state index contributed by atoms with van der Waals surface area (Å²) in [6, 6.07) is 1.71. The van der Waals surface area contributed by atoms with Crippen molar-refractivity contribution in [2.24, 2.45) is 0 Å². The number of nitrogens with zero attached hydrogens (tertiary/aromatic N) is 4. The molecule has 0 N–H and O–H groups in total. The maximum absolute atomic E-state index is 12.7. The van der Waals surface area contributed by atoms with Crippen molar-refractivity contribution in [2.45, 2.75) is 44.9 Å². The maximum Gasteiger partial charge on any atom is 0.276 e. The molecule has 2 aromatic rings. The first kappa shape index (κ1) is 14.4. The van der Waals surface area contributed by atoms with E-state index in [-0.39, 0.29) is 11.3 Å². The van der Waals surface area contributed by atoms with Crippen LogP contribution in [0.25, 0.3) is 0 Å². The van der Waals surface area contributed by atoms with E-state index in [4.69, 9.17) is 9.51 Å². The molecule has 120 valence electrons. The van der Waals surface area contributed by atoms with E-state index >= 15 is 0 Å². The van der Waals surface area contributed by atoms with Crippen LogP contribution in [0.4, 0.5) is 0 Å². The minimum Gasteiger partial charge on any atom is -0.361 e. The Morgan fingerprint density at radius 3 is 3.00 bits per heavy atom. The van der Waals surface area contributed by atoms with E-state index in [1.165, 1.54) is 5.56 Å². The molecule has 0 radical (unpaired) electrons. The van der Waals surface area contributed by atoms with Gasteiger partial charge in [0.05, 0.1) is 5.69 Å². The van der Waals surface area contributed by atoms with Crippen LogP contribution in [0.2, 0.25) is 0 Å². The molecule has 0 bridgehead atoms. The van der Waals surface area contributed by atoms with Crippen molar-refractivity contribution in [3.63, 3.8) is 0 Å². The first-order chi connectivity index (χ1) is 11.1. The number of aryl methyl sites for hydroxylation is 3. The molecule has 0 aromatic carbocycles. The summed E-state index contributed by atoms with van der Waals surface area (Å²) in [5.74, 6) is 1.43. The molecule has 1 atom stereocenters. The minimum atomic E-state index is -0.0415. The van der Waals surface area contributed by atoms with Crippen molar-refractivity contribution in [3.8, 4) is 0 Å². The van der Waals surface area contributed by atoms with Crippen molar-refractivity contribution >= 4 is 5.91 Å². The predicted octanol–water partition coefficient (Wildman–Crippen LogP) is 2.20. The monoisotopic (exact) mass is 312 g/mol. The summed E-state index contributed by atoms with van der Waals surface area (Å²) >= 11 is 0. The van der Waals surface area contributed by atoms with Crippen LogP contribution in [0, 0.1) is 13.8 Å². The second kappa shape index (κ2) is 5.15. The lowest BCUT2D eigenvalue weighted by molar-refractivity contribution is 0.0623. The number of carbonyl (C=O) groups is 1. The lowest BCUT2D eigenvalue weighted by atomic mass is 9.77. The Kier molecular flexibility index (Phi) is 3.21. The highest BCUT2D eigenvalue weighted by Gasteiger charge is 2.44. The molecule has 1 unspecified atom stereocenters. The molecule has 4 rings (SSSR count). The fourth-order valence-electron chi connectivity index (χ4n) is 3.96. The number of amides is 1. The summed E-state index contributed by atoms with van der Waals surface area (Å²) in [5.41, 5.74) is 2.77. The number of rotatable bonds is 1. The van der Waals surface area contributed by atoms with Crippen molar-refractivity contribution in [1.29, 1.82) is 0 Å². The molecule has 0 saturated carbocycles. The molecule has 1 spiro atoms. The van der Waals surface area contributed by atoms with Crippen molar-refractivity contribution in [2.75, 3.05) is 13.1 Å². The van der Waals surface area contributed by atoms with Crippen molar-refractivity contribution < 1.29 is 9.32 Å². The molecule has 2 aliphatic rings. The van der Waals surface area contributed by atoms with Crippen LogP contribution in [-0.4, -0.2) is 39.0 Å². The molecule has 23 heavy (non-hydrogen) atoms. The number of aromatic nitrogens is 3. The molecular weight excluding hydrogens is 292 g/mol. The van der Waals surface area contributed by atoms with Crippen LogP contribution in [0.15, 0.2) is 16.8 Å². The van der Waals surface area contributed by atoms with E-state index in [0.29, 0.717) is 18.0 Å². The van der Waals surface area contributed by atoms with Crippen LogP contribution in [0.1, 0.15) is 52.6 Å². The van der Waals surface area contributed by atoms with Gasteiger partial charge in [0, 0.05) is 30.8 Å². The largest absolute Gasteiger partial charge is 0.361 e. The number of piperidine rings is 1. The zero-order valence-corrected chi connectivity index (χ0v) is 13.5. The number of hydrogen-bond donors (Lipinski definition) is 0. The lowest BCUT2D eigenvalue weighted by Gasteiger charge is -2.40. The Morgan fingerprint density at radius 1 is 1.35 bits per heavy atom. The Hall–Kier alpha value is -2.24. The van der Waals surface area contributed by atoms with Gasteiger partial charge in [-0.05, 0) is 45.1 Å². The van der Waals surface area contributed by atoms with Crippen LogP contribution in [0.3, 0.4) is 0 Å². The third-order valence-corrected chi connectivity index (χ3v) is 5.07. The normalized spacial score (nSPS) is 23.3. The fourth-order valence-corrected chi connectivity index (χ4v) is 3.96. The summed E-state index contributed by atoms with van der Waals surface area (Å²) < 4.78 is 5.05. The highest BCUT2D eigenvalue weighted by Crippen LogP contribution is 2.43. The Morgan fingerprint density at radius 2 is 2.22 bits per heavy atom. The Labute approximate surface area is 134 Å². The first-order valence-corrected chi connectivity index (χ1v) is 8.13. The average Bonchev–Trinajstić information content (AvgIpc) is 3.12. The van der Waals surface area contributed by atoms with Gasteiger partial charge in [-0.2, -0.15) is 0 Å². The number of carbonyl (C=O) groups excluding carboxylic acids is 1. The average molecular weight is 312 g/mol. The topological polar surface area (TPSA) is 72.1 Å². The fraction of sp³-hybridized carbons (Fsp3) is 0.529. The zero-order chi connectivity index (χ0) is 16.0. The van der Waals surface area contributed by atoms with Gasteiger partial charge < -0.3 is 9.42 Å². The molecular formula is C17H20N4O2. The van der Waals surface area contributed by atoms with Gasteiger partial charge in [-0.25, -0.2) is 9.97 Å². The van der Waals surface area contributed by atoms with Gasteiger partial charge in [0.1, 0.15) is 11.6 Å². The van der Waals surface area contributed by atoms with Crippen LogP contribution in [0.5, 0.6) is 0 Å². The summed E-state index contributed by atoms with van der Waals surface area (Å²) in [4.78, 5) is 23.7. The zero-order valence-electron chi connectivity index (χ0n) is 13.5. The van der Waals surface area contributed by atoms with Gasteiger partial charge in [-0.15, -0.1) is 0 Å². The predicted molar refractivity (Wildman–Crippen MR) is 83.1 cm³/mol. The smallest absolute Gasteiger partial charge is 0.276 e. The van der Waals surface area contributed by atoms with Gasteiger partial charge in [-0.3, -0.25) is 4.79 Å². The van der Waals surface area contributed by atoms with E-state index in [1.54, 1.807) is 13.0 Å². The van der Waals surface area contributed by atoms with Gasteiger partial charge in [0.2, 0.25) is 0 Å². The van der Waals surface area contributed by atoms with Gasteiger partial charge >= 0.3 is 0 Å². The highest BCUT2D eigenvalue weighted by atomic mass is 16.5. The van der Waals surface area contributed by atoms with Gasteiger partial charge in [0.15, 0.2) is 5.69 Å². The molecule has 1 aliphatic carbocycles. The second-order valence-electron chi connectivity index (χ2n) is 6.72. The second-order valence-corrected chi connectivity index (χ2v) is 6.72. The summed E-state index contributed by atoms with van der Waals surface area (Å²) in [6.07, 6.45) is 6.07. The van der Waals surface area contributed by atoms with E-state index in [2.05, 4.69) is 10.1 Å². The van der Waals surface area contributed by atoms with E-state index in [9.17, 15) is 4.79 Å².